The van der Waals surface area contributed by atoms with Crippen molar-refractivity contribution < 1.29 is 4.79 Å². The van der Waals surface area contributed by atoms with E-state index in [0.717, 1.165) is 32.1 Å². The summed E-state index contributed by atoms with van der Waals surface area (Å²) in [7, 11) is 0. The van der Waals surface area contributed by atoms with Gasteiger partial charge in [-0.15, -0.1) is 0 Å². The molecule has 1 fully saturated rings. The normalized spacial score (nSPS) is 23.7. The minimum atomic E-state index is -0.240. The van der Waals surface area contributed by atoms with Gasteiger partial charge in [0.15, 0.2) is 0 Å². The number of amides is 1. The Balaban J connectivity index is 2.15. The van der Waals surface area contributed by atoms with E-state index in [-0.39, 0.29) is 17.9 Å². The maximum atomic E-state index is 11.6. The van der Waals surface area contributed by atoms with Crippen LogP contribution in [0.15, 0.2) is 6.07 Å². The number of hydrogen-bond donors (Lipinski definition) is 2. The van der Waals surface area contributed by atoms with Crippen molar-refractivity contribution in [1.29, 1.82) is 0 Å². The number of nitrogens with one attached hydrogen (secondary N) is 1. The molecule has 0 bridgehead atoms. The minimum absolute atomic E-state index is 0.0327. The Hall–Kier alpha value is -1.36. The van der Waals surface area contributed by atoms with Crippen LogP contribution in [0.1, 0.15) is 37.9 Å². The molecule has 0 unspecified atom stereocenters. The summed E-state index contributed by atoms with van der Waals surface area (Å²) >= 11 is 5.92. The predicted octanol–water partition coefficient (Wildman–Crippen LogP) is 2.28. The van der Waals surface area contributed by atoms with Gasteiger partial charge in [0.25, 0.3) is 0 Å². The number of nitrogens with zero attached hydrogens (tertiary/aromatic N) is 2. The van der Waals surface area contributed by atoms with Gasteiger partial charge in [0.1, 0.15) is 16.8 Å². The van der Waals surface area contributed by atoms with Crippen molar-refractivity contribution in [3.63, 3.8) is 0 Å². The minimum Gasteiger partial charge on any atom is -0.369 e. The Morgan fingerprint density at radius 3 is 2.79 bits per heavy atom. The first kappa shape index (κ1) is 14.1. The topological polar surface area (TPSA) is 80.9 Å². The SMILES string of the molecule is Cc1nc(Cl)cc(N[C@@H]2CCCCC[C@H]2C(N)=O)n1. The van der Waals surface area contributed by atoms with Crippen molar-refractivity contribution in [2.24, 2.45) is 11.7 Å². The van der Waals surface area contributed by atoms with Crippen LogP contribution in [0.4, 0.5) is 5.82 Å². The van der Waals surface area contributed by atoms with Crippen LogP contribution in [-0.4, -0.2) is 21.9 Å². The first-order chi connectivity index (χ1) is 9.06. The third-order valence-electron chi connectivity index (χ3n) is 3.52. The van der Waals surface area contributed by atoms with Gasteiger partial charge in [-0.05, 0) is 19.8 Å². The number of rotatable bonds is 3. The quantitative estimate of drug-likeness (QED) is 0.658. The van der Waals surface area contributed by atoms with Crippen LogP contribution < -0.4 is 11.1 Å². The molecule has 2 atom stereocenters. The maximum absolute atomic E-state index is 11.6. The first-order valence-corrected chi connectivity index (χ1v) is 7.01. The summed E-state index contributed by atoms with van der Waals surface area (Å²) in [6.07, 6.45) is 5.05. The van der Waals surface area contributed by atoms with Gasteiger partial charge in [-0.3, -0.25) is 4.79 Å². The number of halogens is 1. The highest BCUT2D eigenvalue weighted by atomic mass is 35.5. The number of hydrogen-bond acceptors (Lipinski definition) is 4. The van der Waals surface area contributed by atoms with Crippen molar-refractivity contribution in [2.75, 3.05) is 5.32 Å². The zero-order valence-electron chi connectivity index (χ0n) is 11.0. The molecule has 2 rings (SSSR count). The fraction of sp³-hybridized carbons (Fsp3) is 0.615. The number of carbonyl (C=O) groups excluding carboxylic acids is 1. The molecule has 0 saturated heterocycles. The Bertz CT molecular complexity index is 446. The van der Waals surface area contributed by atoms with Gasteiger partial charge in [-0.1, -0.05) is 30.9 Å². The second kappa shape index (κ2) is 6.19. The number of nitrogens with two attached hydrogens (primary N) is 1. The van der Waals surface area contributed by atoms with E-state index in [9.17, 15) is 4.79 Å². The number of aryl methyl sites for hydroxylation is 1. The van der Waals surface area contributed by atoms with Crippen molar-refractivity contribution in [3.05, 3.63) is 17.0 Å². The van der Waals surface area contributed by atoms with Crippen molar-refractivity contribution in [3.8, 4) is 0 Å². The lowest BCUT2D eigenvalue weighted by Crippen LogP contribution is -2.37. The van der Waals surface area contributed by atoms with Gasteiger partial charge < -0.3 is 11.1 Å². The summed E-state index contributed by atoms with van der Waals surface area (Å²) in [5.41, 5.74) is 5.50. The Kier molecular flexibility index (Phi) is 4.58. The summed E-state index contributed by atoms with van der Waals surface area (Å²) in [5, 5.41) is 3.70. The molecule has 6 heteroatoms. The van der Waals surface area contributed by atoms with E-state index < -0.39 is 0 Å². The van der Waals surface area contributed by atoms with E-state index in [4.69, 9.17) is 17.3 Å². The van der Waals surface area contributed by atoms with Gasteiger partial charge in [-0.2, -0.15) is 0 Å². The number of anilines is 1. The molecule has 1 amide bonds. The zero-order chi connectivity index (χ0) is 13.8. The molecule has 1 saturated carbocycles. The fourth-order valence-electron chi connectivity index (χ4n) is 2.62. The van der Waals surface area contributed by atoms with Gasteiger partial charge in [0, 0.05) is 12.1 Å². The molecule has 0 aromatic carbocycles. The van der Waals surface area contributed by atoms with E-state index in [1.54, 1.807) is 13.0 Å². The van der Waals surface area contributed by atoms with E-state index in [1.165, 1.54) is 0 Å². The molecule has 0 aliphatic heterocycles. The summed E-state index contributed by atoms with van der Waals surface area (Å²) < 4.78 is 0. The maximum Gasteiger partial charge on any atom is 0.222 e. The van der Waals surface area contributed by atoms with E-state index >= 15 is 0 Å². The third-order valence-corrected chi connectivity index (χ3v) is 3.72. The molecule has 1 aliphatic rings. The number of aromatic nitrogens is 2. The number of primary amides is 1. The molecular weight excluding hydrogens is 264 g/mol. The number of carbonyl (C=O) groups is 1. The summed E-state index contributed by atoms with van der Waals surface area (Å²) in [6.45, 7) is 1.79. The highest BCUT2D eigenvalue weighted by Gasteiger charge is 2.28. The van der Waals surface area contributed by atoms with Gasteiger partial charge >= 0.3 is 0 Å². The van der Waals surface area contributed by atoms with Crippen LogP contribution >= 0.6 is 11.6 Å². The highest BCUT2D eigenvalue weighted by Crippen LogP contribution is 2.26. The monoisotopic (exact) mass is 282 g/mol. The van der Waals surface area contributed by atoms with Crippen LogP contribution in [0.5, 0.6) is 0 Å². The smallest absolute Gasteiger partial charge is 0.222 e. The zero-order valence-corrected chi connectivity index (χ0v) is 11.8. The molecule has 1 aliphatic carbocycles. The van der Waals surface area contributed by atoms with Crippen LogP contribution in [0.2, 0.25) is 5.15 Å². The molecule has 1 aromatic heterocycles. The molecule has 0 spiro atoms. The molecule has 3 N–H and O–H groups in total. The summed E-state index contributed by atoms with van der Waals surface area (Å²) in [5.74, 6) is 0.891. The average molecular weight is 283 g/mol. The Morgan fingerprint density at radius 1 is 1.37 bits per heavy atom. The first-order valence-electron chi connectivity index (χ1n) is 6.63. The van der Waals surface area contributed by atoms with Crippen molar-refractivity contribution in [1.82, 2.24) is 9.97 Å². The molecular formula is C13H19ClN4O. The van der Waals surface area contributed by atoms with Gasteiger partial charge in [-0.25, -0.2) is 9.97 Å². The Morgan fingerprint density at radius 2 is 2.11 bits per heavy atom. The van der Waals surface area contributed by atoms with E-state index in [2.05, 4.69) is 15.3 Å². The van der Waals surface area contributed by atoms with E-state index in [1.807, 2.05) is 0 Å². The lowest BCUT2D eigenvalue weighted by molar-refractivity contribution is -0.122. The fourth-order valence-corrected chi connectivity index (χ4v) is 2.84. The lowest BCUT2D eigenvalue weighted by Gasteiger charge is -2.24. The predicted molar refractivity (Wildman–Crippen MR) is 75.0 cm³/mol. The molecule has 5 nitrogen and oxygen atoms in total. The standard InChI is InChI=1S/C13H19ClN4O/c1-8-16-11(14)7-12(17-8)18-10-6-4-2-3-5-9(10)13(15)19/h7,9-10H,2-6H2,1H3,(H2,15,19)(H,16,17,18)/t9-,10-/m1/s1. The molecule has 1 heterocycles. The largest absolute Gasteiger partial charge is 0.369 e. The second-order valence-corrected chi connectivity index (χ2v) is 5.41. The van der Waals surface area contributed by atoms with Gasteiger partial charge in [0.2, 0.25) is 5.91 Å². The highest BCUT2D eigenvalue weighted by molar-refractivity contribution is 6.29. The molecule has 0 radical (unpaired) electrons. The van der Waals surface area contributed by atoms with Crippen LogP contribution in [0.25, 0.3) is 0 Å². The molecule has 19 heavy (non-hydrogen) atoms. The van der Waals surface area contributed by atoms with Crippen molar-refractivity contribution >= 4 is 23.3 Å². The van der Waals surface area contributed by atoms with Crippen LogP contribution in [0, 0.1) is 12.8 Å². The Labute approximate surface area is 118 Å². The van der Waals surface area contributed by atoms with E-state index in [0.29, 0.717) is 16.8 Å². The third kappa shape index (κ3) is 3.80. The summed E-state index contributed by atoms with van der Waals surface area (Å²) in [4.78, 5) is 19.9. The van der Waals surface area contributed by atoms with Gasteiger partial charge in [0.05, 0.1) is 5.92 Å². The second-order valence-electron chi connectivity index (χ2n) is 5.02. The average Bonchev–Trinajstić information content (AvgIpc) is 2.53. The lowest BCUT2D eigenvalue weighted by atomic mass is 9.94. The van der Waals surface area contributed by atoms with Crippen LogP contribution in [0.3, 0.4) is 0 Å². The van der Waals surface area contributed by atoms with Crippen LogP contribution in [-0.2, 0) is 4.79 Å². The molecule has 1 aromatic rings. The van der Waals surface area contributed by atoms with Crippen molar-refractivity contribution in [2.45, 2.75) is 45.1 Å². The summed E-state index contributed by atoms with van der Waals surface area (Å²) in [6, 6.07) is 1.71. The molecule has 104 valence electrons.